The van der Waals surface area contributed by atoms with E-state index in [1.807, 2.05) is 23.6 Å². The third-order valence-corrected chi connectivity index (χ3v) is 6.13. The second-order valence-corrected chi connectivity index (χ2v) is 7.35. The molecule has 3 fully saturated rings. The lowest BCUT2D eigenvalue weighted by atomic mass is 10.1. The summed E-state index contributed by atoms with van der Waals surface area (Å²) in [4.78, 5) is 21.5. The Labute approximate surface area is 137 Å². The fourth-order valence-corrected chi connectivity index (χ4v) is 4.67. The van der Waals surface area contributed by atoms with Crippen molar-refractivity contribution in [1.29, 1.82) is 0 Å². The van der Waals surface area contributed by atoms with Gasteiger partial charge < -0.3 is 14.8 Å². The van der Waals surface area contributed by atoms with Crippen LogP contribution < -0.4 is 5.32 Å². The summed E-state index contributed by atoms with van der Waals surface area (Å²) in [6.45, 7) is 1.76. The molecule has 6 heteroatoms. The second-order valence-electron chi connectivity index (χ2n) is 7.35. The minimum Gasteiger partial charge on any atom is -0.333 e. The Morgan fingerprint density at radius 2 is 2.04 bits per heavy atom. The third-order valence-electron chi connectivity index (χ3n) is 6.13. The number of urea groups is 1. The van der Waals surface area contributed by atoms with Crippen molar-refractivity contribution in [3.63, 3.8) is 0 Å². The fraction of sp³-hybridized carbons (Fsp3) is 0.765. The average molecular weight is 317 g/mol. The number of carbonyl (C=O) groups is 1. The van der Waals surface area contributed by atoms with Crippen LogP contribution in [0.3, 0.4) is 0 Å². The molecule has 1 saturated carbocycles. The fourth-order valence-electron chi connectivity index (χ4n) is 4.67. The smallest absolute Gasteiger partial charge is 0.317 e. The number of aromatic nitrogens is 2. The summed E-state index contributed by atoms with van der Waals surface area (Å²) in [5.74, 6) is 0. The number of amides is 2. The van der Waals surface area contributed by atoms with Crippen LogP contribution in [-0.2, 0) is 0 Å². The van der Waals surface area contributed by atoms with E-state index in [4.69, 9.17) is 0 Å². The van der Waals surface area contributed by atoms with E-state index in [0.717, 1.165) is 32.4 Å². The quantitative estimate of drug-likeness (QED) is 0.906. The molecule has 2 bridgehead atoms. The molecule has 0 radical (unpaired) electrons. The van der Waals surface area contributed by atoms with E-state index in [0.29, 0.717) is 18.1 Å². The monoisotopic (exact) mass is 317 g/mol. The Bertz CT molecular complexity index is 545. The number of hydrogen-bond acceptors (Lipinski definition) is 3. The van der Waals surface area contributed by atoms with Gasteiger partial charge in [-0.15, -0.1) is 0 Å². The summed E-state index contributed by atoms with van der Waals surface area (Å²) < 4.78 is 2.15. The van der Waals surface area contributed by atoms with Crippen molar-refractivity contribution < 1.29 is 4.79 Å². The first-order valence-electron chi connectivity index (χ1n) is 8.97. The molecule has 2 aliphatic heterocycles. The minimum atomic E-state index is 0.128. The minimum absolute atomic E-state index is 0.128. The molecule has 4 atom stereocenters. The van der Waals surface area contributed by atoms with E-state index < -0.39 is 0 Å². The van der Waals surface area contributed by atoms with Gasteiger partial charge in [-0.1, -0.05) is 0 Å². The Morgan fingerprint density at radius 3 is 2.87 bits per heavy atom. The first kappa shape index (κ1) is 15.0. The normalized spacial score (nSPS) is 34.6. The standard InChI is InChI=1S/C17H27N5O/c1-20-13-5-6-14(20)11-21(9-7-13)17(23)19-15-3-2-4-16(15)22-10-8-18-12-22/h8,10,12-16H,2-7,9,11H2,1H3,(H,19,23)/t13-,14-,15+,16-/m0/s1. The van der Waals surface area contributed by atoms with Crippen molar-refractivity contribution in [3.05, 3.63) is 18.7 Å². The third kappa shape index (κ3) is 2.84. The molecule has 2 amide bonds. The largest absolute Gasteiger partial charge is 0.333 e. The molecule has 23 heavy (non-hydrogen) atoms. The molecule has 6 nitrogen and oxygen atoms in total. The van der Waals surface area contributed by atoms with Gasteiger partial charge in [0.2, 0.25) is 0 Å². The van der Waals surface area contributed by atoms with Gasteiger partial charge in [0, 0.05) is 37.6 Å². The number of nitrogens with zero attached hydrogens (tertiary/aromatic N) is 4. The molecule has 1 N–H and O–H groups in total. The zero-order valence-corrected chi connectivity index (χ0v) is 13.9. The molecule has 0 aromatic carbocycles. The van der Waals surface area contributed by atoms with Crippen LogP contribution in [0, 0.1) is 0 Å². The number of imidazole rings is 1. The van der Waals surface area contributed by atoms with Crippen molar-refractivity contribution >= 4 is 6.03 Å². The number of likely N-dealkylation sites (tertiary alicyclic amines) is 1. The van der Waals surface area contributed by atoms with Crippen molar-refractivity contribution in [2.24, 2.45) is 0 Å². The maximum Gasteiger partial charge on any atom is 0.317 e. The van der Waals surface area contributed by atoms with Gasteiger partial charge in [0.05, 0.1) is 18.4 Å². The predicted molar refractivity (Wildman–Crippen MR) is 88.2 cm³/mol. The number of fused-ring (bicyclic) bond motifs is 2. The zero-order valence-electron chi connectivity index (χ0n) is 13.9. The molecule has 0 spiro atoms. The van der Waals surface area contributed by atoms with Gasteiger partial charge in [0.25, 0.3) is 0 Å². The average Bonchev–Trinajstić information content (AvgIpc) is 3.21. The Kier molecular flexibility index (Phi) is 4.01. The highest BCUT2D eigenvalue weighted by Gasteiger charge is 2.37. The maximum atomic E-state index is 12.8. The van der Waals surface area contributed by atoms with Crippen molar-refractivity contribution in [2.75, 3.05) is 20.1 Å². The van der Waals surface area contributed by atoms with E-state index >= 15 is 0 Å². The van der Waals surface area contributed by atoms with Crippen LogP contribution in [-0.4, -0.2) is 63.6 Å². The van der Waals surface area contributed by atoms with Gasteiger partial charge in [-0.3, -0.25) is 4.90 Å². The molecule has 1 aromatic heterocycles. The van der Waals surface area contributed by atoms with Crippen LogP contribution in [0.15, 0.2) is 18.7 Å². The molecule has 126 valence electrons. The van der Waals surface area contributed by atoms with Crippen LogP contribution in [0.25, 0.3) is 0 Å². The van der Waals surface area contributed by atoms with Crippen LogP contribution >= 0.6 is 0 Å². The first-order chi connectivity index (χ1) is 11.2. The van der Waals surface area contributed by atoms with Gasteiger partial charge in [-0.05, 0) is 45.6 Å². The molecular formula is C17H27N5O. The van der Waals surface area contributed by atoms with Crippen LogP contribution in [0.4, 0.5) is 4.79 Å². The predicted octanol–water partition coefficient (Wildman–Crippen LogP) is 1.85. The first-order valence-corrected chi connectivity index (χ1v) is 8.97. The van der Waals surface area contributed by atoms with Crippen LogP contribution in [0.5, 0.6) is 0 Å². The van der Waals surface area contributed by atoms with E-state index in [2.05, 4.69) is 26.8 Å². The Hall–Kier alpha value is -1.56. The molecule has 3 aliphatic rings. The molecule has 1 aromatic rings. The van der Waals surface area contributed by atoms with Crippen molar-refractivity contribution in [2.45, 2.75) is 62.7 Å². The number of likely N-dealkylation sites (N-methyl/N-ethyl adjacent to an activating group) is 1. The van der Waals surface area contributed by atoms with Gasteiger partial charge in [0.1, 0.15) is 0 Å². The van der Waals surface area contributed by atoms with Gasteiger partial charge in [-0.25, -0.2) is 9.78 Å². The van der Waals surface area contributed by atoms with Crippen molar-refractivity contribution in [1.82, 2.24) is 24.7 Å². The molecule has 3 heterocycles. The molecule has 0 unspecified atom stereocenters. The highest BCUT2D eigenvalue weighted by molar-refractivity contribution is 5.74. The van der Waals surface area contributed by atoms with E-state index in [-0.39, 0.29) is 12.1 Å². The summed E-state index contributed by atoms with van der Waals surface area (Å²) in [6, 6.07) is 1.93. The van der Waals surface area contributed by atoms with Gasteiger partial charge >= 0.3 is 6.03 Å². The molecular weight excluding hydrogens is 290 g/mol. The summed E-state index contributed by atoms with van der Waals surface area (Å²) in [7, 11) is 2.22. The zero-order chi connectivity index (χ0) is 15.8. The summed E-state index contributed by atoms with van der Waals surface area (Å²) in [5.41, 5.74) is 0. The molecule has 2 saturated heterocycles. The van der Waals surface area contributed by atoms with E-state index in [1.54, 1.807) is 0 Å². The van der Waals surface area contributed by atoms with Crippen LogP contribution in [0.1, 0.15) is 44.6 Å². The maximum absolute atomic E-state index is 12.8. The van der Waals surface area contributed by atoms with E-state index in [9.17, 15) is 4.79 Å². The Morgan fingerprint density at radius 1 is 1.17 bits per heavy atom. The number of carbonyl (C=O) groups excluding carboxylic acids is 1. The number of nitrogens with one attached hydrogen (secondary N) is 1. The number of rotatable bonds is 2. The second kappa shape index (κ2) is 6.15. The SMILES string of the molecule is CN1[C@H]2CC[C@H]1CN(C(=O)N[C@@H]1CCC[C@@H]1n1ccnc1)CC2. The van der Waals surface area contributed by atoms with E-state index in [1.165, 1.54) is 19.3 Å². The van der Waals surface area contributed by atoms with Gasteiger partial charge in [-0.2, -0.15) is 0 Å². The molecule has 1 aliphatic carbocycles. The number of hydrogen-bond donors (Lipinski definition) is 1. The topological polar surface area (TPSA) is 53.4 Å². The summed E-state index contributed by atoms with van der Waals surface area (Å²) >= 11 is 0. The molecule has 4 rings (SSSR count). The van der Waals surface area contributed by atoms with Crippen LogP contribution in [0.2, 0.25) is 0 Å². The highest BCUT2D eigenvalue weighted by atomic mass is 16.2. The van der Waals surface area contributed by atoms with Crippen molar-refractivity contribution in [3.8, 4) is 0 Å². The summed E-state index contributed by atoms with van der Waals surface area (Å²) in [6.07, 6.45) is 12.7. The Balaban J connectivity index is 1.39. The van der Waals surface area contributed by atoms with Gasteiger partial charge in [0.15, 0.2) is 0 Å². The lowest BCUT2D eigenvalue weighted by molar-refractivity contribution is 0.182. The lowest BCUT2D eigenvalue weighted by Gasteiger charge is -2.29. The lowest BCUT2D eigenvalue weighted by Crippen LogP contribution is -2.49. The highest BCUT2D eigenvalue weighted by Crippen LogP contribution is 2.31. The summed E-state index contributed by atoms with van der Waals surface area (Å²) in [5, 5.41) is 3.31.